The summed E-state index contributed by atoms with van der Waals surface area (Å²) < 4.78 is 18.4. The summed E-state index contributed by atoms with van der Waals surface area (Å²) in [6, 6.07) is 13.0. The summed E-state index contributed by atoms with van der Waals surface area (Å²) in [6.45, 7) is 3.95. The fraction of sp³-hybridized carbons (Fsp3) is 0.273. The first-order chi connectivity index (χ1) is 14.1. The molecule has 1 aliphatic rings. The van der Waals surface area contributed by atoms with Gasteiger partial charge in [0.05, 0.1) is 43.5 Å². The number of nitrogens with one attached hydrogen (secondary N) is 1. The van der Waals surface area contributed by atoms with Crippen molar-refractivity contribution in [2.45, 2.75) is 19.9 Å². The third-order valence-electron chi connectivity index (χ3n) is 5.06. The number of carbonyl (C=O) groups is 1. The Morgan fingerprint density at radius 2 is 1.97 bits per heavy atom. The van der Waals surface area contributed by atoms with Gasteiger partial charge in [0.25, 0.3) is 0 Å². The first-order valence-electron chi connectivity index (χ1n) is 9.42. The average Bonchev–Trinajstić information content (AvgIpc) is 3.10. The van der Waals surface area contributed by atoms with E-state index in [-0.39, 0.29) is 5.97 Å². The van der Waals surface area contributed by atoms with Crippen LogP contribution in [0.25, 0.3) is 11.0 Å². The third-order valence-corrected chi connectivity index (χ3v) is 5.06. The second-order valence-electron chi connectivity index (χ2n) is 6.69. The maximum Gasteiger partial charge on any atom is 0.338 e. The Morgan fingerprint density at radius 1 is 1.17 bits per heavy atom. The molecule has 0 aliphatic carbocycles. The van der Waals surface area contributed by atoms with Crippen LogP contribution in [0.4, 0.5) is 5.95 Å². The summed E-state index contributed by atoms with van der Waals surface area (Å²) in [5.41, 5.74) is 3.79. The topological polar surface area (TPSA) is 74.6 Å². The monoisotopic (exact) mass is 393 g/mol. The lowest BCUT2D eigenvalue weighted by Gasteiger charge is -2.31. The van der Waals surface area contributed by atoms with Crippen molar-refractivity contribution in [1.29, 1.82) is 0 Å². The van der Waals surface area contributed by atoms with Gasteiger partial charge < -0.3 is 19.5 Å². The summed E-state index contributed by atoms with van der Waals surface area (Å²) in [4.78, 5) is 17.7. The molecule has 1 atom stereocenters. The largest absolute Gasteiger partial charge is 0.497 e. The van der Waals surface area contributed by atoms with Crippen molar-refractivity contribution in [3.63, 3.8) is 0 Å². The van der Waals surface area contributed by atoms with E-state index in [1.54, 1.807) is 21.1 Å². The van der Waals surface area contributed by atoms with E-state index in [4.69, 9.17) is 19.2 Å². The molecular formula is C22H23N3O4. The smallest absolute Gasteiger partial charge is 0.338 e. The van der Waals surface area contributed by atoms with E-state index in [1.807, 2.05) is 54.0 Å². The second kappa shape index (κ2) is 7.50. The fourth-order valence-electron chi connectivity index (χ4n) is 3.78. The van der Waals surface area contributed by atoms with Crippen molar-refractivity contribution in [1.82, 2.24) is 9.55 Å². The van der Waals surface area contributed by atoms with Crippen molar-refractivity contribution in [2.75, 3.05) is 26.1 Å². The molecule has 7 nitrogen and oxygen atoms in total. The number of rotatable bonds is 5. The maximum atomic E-state index is 13.0. The van der Waals surface area contributed by atoms with Crippen LogP contribution in [0.3, 0.4) is 0 Å². The van der Waals surface area contributed by atoms with Crippen LogP contribution in [-0.4, -0.2) is 36.3 Å². The van der Waals surface area contributed by atoms with Gasteiger partial charge in [-0.2, -0.15) is 0 Å². The minimum absolute atomic E-state index is 0.291. The Labute approximate surface area is 168 Å². The van der Waals surface area contributed by atoms with E-state index >= 15 is 0 Å². The second-order valence-corrected chi connectivity index (χ2v) is 6.69. The highest BCUT2D eigenvalue weighted by molar-refractivity contribution is 5.94. The number of para-hydroxylation sites is 2. The molecule has 29 heavy (non-hydrogen) atoms. The number of allylic oxidation sites excluding steroid dienone is 1. The molecule has 0 saturated heterocycles. The van der Waals surface area contributed by atoms with Crippen molar-refractivity contribution < 1.29 is 19.0 Å². The Kier molecular flexibility index (Phi) is 4.88. The third kappa shape index (κ3) is 3.08. The lowest BCUT2D eigenvalue weighted by atomic mass is 9.94. The number of hydrogen-bond acceptors (Lipinski definition) is 6. The number of methoxy groups -OCH3 is 2. The van der Waals surface area contributed by atoms with Gasteiger partial charge in [0, 0.05) is 17.3 Å². The van der Waals surface area contributed by atoms with Gasteiger partial charge >= 0.3 is 5.97 Å². The highest BCUT2D eigenvalue weighted by Gasteiger charge is 2.36. The van der Waals surface area contributed by atoms with Gasteiger partial charge in [-0.25, -0.2) is 9.78 Å². The van der Waals surface area contributed by atoms with E-state index in [1.165, 1.54) is 0 Å². The molecule has 150 valence electrons. The van der Waals surface area contributed by atoms with Crippen LogP contribution < -0.4 is 14.8 Å². The van der Waals surface area contributed by atoms with Crippen LogP contribution in [0.2, 0.25) is 0 Å². The van der Waals surface area contributed by atoms with E-state index in [9.17, 15) is 4.79 Å². The highest BCUT2D eigenvalue weighted by Crippen LogP contribution is 2.43. The first kappa shape index (κ1) is 18.9. The van der Waals surface area contributed by atoms with Gasteiger partial charge in [-0.05, 0) is 38.1 Å². The molecule has 1 aromatic heterocycles. The number of nitrogens with zero attached hydrogens (tertiary/aromatic N) is 2. The molecule has 2 aromatic carbocycles. The Morgan fingerprint density at radius 3 is 2.69 bits per heavy atom. The molecule has 0 unspecified atom stereocenters. The molecule has 0 fully saturated rings. The Balaban J connectivity index is 2.00. The minimum Gasteiger partial charge on any atom is -0.497 e. The lowest BCUT2D eigenvalue weighted by Crippen LogP contribution is -2.29. The van der Waals surface area contributed by atoms with Gasteiger partial charge in [-0.3, -0.25) is 4.57 Å². The minimum atomic E-state index is -0.460. The molecule has 0 spiro atoms. The number of hydrogen-bond donors (Lipinski definition) is 1. The Bertz CT molecular complexity index is 1120. The van der Waals surface area contributed by atoms with Crippen molar-refractivity contribution >= 4 is 23.0 Å². The summed E-state index contributed by atoms with van der Waals surface area (Å²) in [7, 11) is 3.21. The molecule has 3 aromatic rings. The molecular weight excluding hydrogens is 370 g/mol. The van der Waals surface area contributed by atoms with Gasteiger partial charge in [0.2, 0.25) is 5.95 Å². The van der Waals surface area contributed by atoms with Crippen LogP contribution in [0.15, 0.2) is 53.7 Å². The zero-order chi connectivity index (χ0) is 20.5. The maximum absolute atomic E-state index is 13.0. The quantitative estimate of drug-likeness (QED) is 0.663. The summed E-state index contributed by atoms with van der Waals surface area (Å²) in [6.07, 6.45) is 0. The molecule has 0 amide bonds. The zero-order valence-electron chi connectivity index (χ0n) is 16.9. The molecule has 4 rings (SSSR count). The Hall–Kier alpha value is -3.48. The van der Waals surface area contributed by atoms with E-state index < -0.39 is 6.04 Å². The normalized spacial score (nSPS) is 15.7. The predicted molar refractivity (Wildman–Crippen MR) is 110 cm³/mol. The van der Waals surface area contributed by atoms with E-state index in [0.717, 1.165) is 16.6 Å². The van der Waals surface area contributed by atoms with Crippen LogP contribution in [0.5, 0.6) is 11.5 Å². The van der Waals surface area contributed by atoms with Crippen LogP contribution in [0.1, 0.15) is 25.5 Å². The van der Waals surface area contributed by atoms with E-state index in [0.29, 0.717) is 35.3 Å². The molecule has 0 radical (unpaired) electrons. The first-order valence-corrected chi connectivity index (χ1v) is 9.42. The zero-order valence-corrected chi connectivity index (χ0v) is 16.9. The molecule has 0 bridgehead atoms. The summed E-state index contributed by atoms with van der Waals surface area (Å²) >= 11 is 0. The lowest BCUT2D eigenvalue weighted by molar-refractivity contribution is -0.139. The average molecular weight is 393 g/mol. The van der Waals surface area contributed by atoms with Crippen molar-refractivity contribution in [3.8, 4) is 11.5 Å². The number of aromatic nitrogens is 2. The fourth-order valence-corrected chi connectivity index (χ4v) is 3.78. The number of benzene rings is 2. The number of ether oxygens (including phenoxy) is 3. The predicted octanol–water partition coefficient (Wildman–Crippen LogP) is 3.91. The van der Waals surface area contributed by atoms with Gasteiger partial charge in [0.15, 0.2) is 0 Å². The molecule has 0 saturated carbocycles. The highest BCUT2D eigenvalue weighted by atomic mass is 16.5. The van der Waals surface area contributed by atoms with Gasteiger partial charge in [-0.15, -0.1) is 0 Å². The summed E-state index contributed by atoms with van der Waals surface area (Å²) in [5, 5.41) is 3.26. The summed E-state index contributed by atoms with van der Waals surface area (Å²) in [5.74, 6) is 1.59. The number of carbonyl (C=O) groups excluding carboxylic acids is 1. The molecule has 1 aliphatic heterocycles. The van der Waals surface area contributed by atoms with Crippen molar-refractivity contribution in [3.05, 3.63) is 59.3 Å². The van der Waals surface area contributed by atoms with Crippen LogP contribution >= 0.6 is 0 Å². The van der Waals surface area contributed by atoms with Crippen LogP contribution in [0, 0.1) is 0 Å². The number of imidazole rings is 1. The van der Waals surface area contributed by atoms with Crippen molar-refractivity contribution in [2.24, 2.45) is 0 Å². The SMILES string of the molecule is CCOC(=O)C1=C(C)Nc2nc3ccccc3n2[C@H]1c1ccc(OC)cc1OC. The molecule has 2 heterocycles. The number of anilines is 1. The standard InChI is InChI=1S/C22H23N3O4/c1-5-29-21(26)19-13(2)23-22-24-16-8-6-7-9-17(16)25(22)20(19)15-11-10-14(27-3)12-18(15)28-4/h6-12,20H,5H2,1-4H3,(H,23,24)/t20-/m0/s1. The molecule has 1 N–H and O–H groups in total. The number of fused-ring (bicyclic) bond motifs is 3. The van der Waals surface area contributed by atoms with Gasteiger partial charge in [0.1, 0.15) is 11.5 Å². The van der Waals surface area contributed by atoms with E-state index in [2.05, 4.69) is 5.32 Å². The van der Waals surface area contributed by atoms with Crippen LogP contribution in [-0.2, 0) is 9.53 Å². The number of esters is 1. The van der Waals surface area contributed by atoms with Gasteiger partial charge in [-0.1, -0.05) is 12.1 Å². The molecule has 7 heteroatoms.